The fraction of sp³-hybridized carbons (Fsp3) is 0.333. The smallest absolute Gasteiger partial charge is 0.325 e. The Morgan fingerprint density at radius 1 is 0.967 bits per heavy atom. The number of ether oxygens (including phenoxy) is 1. The summed E-state index contributed by atoms with van der Waals surface area (Å²) in [5.74, 6) is -0.315. The molecule has 2 fully saturated rings. The van der Waals surface area contributed by atoms with E-state index in [1.165, 1.54) is 16.4 Å². The SMILES string of the molecule is O=C1N[C@H](Cc2ccccc2)C(=O)N1Cc1cccc(S(=O)(=O)N2CCOCC2)c1. The van der Waals surface area contributed by atoms with Gasteiger partial charge < -0.3 is 10.1 Å². The number of rotatable bonds is 6. The van der Waals surface area contributed by atoms with Gasteiger partial charge in [0.2, 0.25) is 10.0 Å². The number of carbonyl (C=O) groups excluding carboxylic acids is 2. The summed E-state index contributed by atoms with van der Waals surface area (Å²) in [5.41, 5.74) is 1.53. The highest BCUT2D eigenvalue weighted by molar-refractivity contribution is 7.89. The van der Waals surface area contributed by atoms with E-state index < -0.39 is 22.1 Å². The van der Waals surface area contributed by atoms with Gasteiger partial charge in [0.05, 0.1) is 24.7 Å². The maximum atomic E-state index is 12.9. The van der Waals surface area contributed by atoms with Gasteiger partial charge in [0.1, 0.15) is 6.04 Å². The summed E-state index contributed by atoms with van der Waals surface area (Å²) >= 11 is 0. The maximum absolute atomic E-state index is 12.9. The highest BCUT2D eigenvalue weighted by atomic mass is 32.2. The van der Waals surface area contributed by atoms with Gasteiger partial charge in [-0.3, -0.25) is 9.69 Å². The Bertz CT molecular complexity index is 1040. The molecule has 1 N–H and O–H groups in total. The summed E-state index contributed by atoms with van der Waals surface area (Å²) in [5, 5.41) is 2.72. The lowest BCUT2D eigenvalue weighted by Gasteiger charge is -2.26. The minimum atomic E-state index is -3.65. The van der Waals surface area contributed by atoms with Crippen molar-refractivity contribution in [2.75, 3.05) is 26.3 Å². The van der Waals surface area contributed by atoms with Gasteiger partial charge in [-0.15, -0.1) is 0 Å². The molecule has 8 nitrogen and oxygen atoms in total. The summed E-state index contributed by atoms with van der Waals surface area (Å²) in [6, 6.07) is 14.8. The molecule has 2 heterocycles. The van der Waals surface area contributed by atoms with Crippen molar-refractivity contribution in [1.82, 2.24) is 14.5 Å². The molecule has 2 aromatic rings. The number of carbonyl (C=O) groups is 2. The standard InChI is InChI=1S/C21H23N3O5S/c25-20-19(14-16-5-2-1-3-6-16)22-21(26)24(20)15-17-7-4-8-18(13-17)30(27,28)23-9-11-29-12-10-23/h1-8,13,19H,9-12,14-15H2,(H,22,26)/t19-/m1/s1. The molecule has 3 amide bonds. The third-order valence-corrected chi connectivity index (χ3v) is 7.13. The summed E-state index contributed by atoms with van der Waals surface area (Å²) in [6.45, 7) is 1.36. The molecular weight excluding hydrogens is 406 g/mol. The number of sulfonamides is 1. The molecule has 158 valence electrons. The third kappa shape index (κ3) is 4.23. The number of nitrogens with zero attached hydrogens (tertiary/aromatic N) is 2. The Morgan fingerprint density at radius 3 is 2.40 bits per heavy atom. The van der Waals surface area contributed by atoms with E-state index in [-0.39, 0.29) is 17.3 Å². The van der Waals surface area contributed by atoms with Crippen LogP contribution in [0.2, 0.25) is 0 Å². The molecule has 9 heteroatoms. The van der Waals surface area contributed by atoms with Gasteiger partial charge in [-0.05, 0) is 23.3 Å². The fourth-order valence-corrected chi connectivity index (χ4v) is 5.12. The van der Waals surface area contributed by atoms with E-state index in [1.807, 2.05) is 30.3 Å². The van der Waals surface area contributed by atoms with E-state index in [0.29, 0.717) is 38.3 Å². The van der Waals surface area contributed by atoms with Crippen molar-refractivity contribution in [2.45, 2.75) is 23.9 Å². The molecule has 0 bridgehead atoms. The summed E-state index contributed by atoms with van der Waals surface area (Å²) in [6.07, 6.45) is 0.410. The minimum Gasteiger partial charge on any atom is -0.379 e. The Balaban J connectivity index is 1.48. The molecule has 0 saturated carbocycles. The Labute approximate surface area is 175 Å². The van der Waals surface area contributed by atoms with Crippen LogP contribution in [0, 0.1) is 0 Å². The summed E-state index contributed by atoms with van der Waals surface area (Å²) in [7, 11) is -3.65. The number of hydrogen-bond acceptors (Lipinski definition) is 5. The van der Waals surface area contributed by atoms with Crippen LogP contribution < -0.4 is 5.32 Å². The second kappa shape index (κ2) is 8.55. The van der Waals surface area contributed by atoms with Crippen molar-refractivity contribution in [3.63, 3.8) is 0 Å². The lowest BCUT2D eigenvalue weighted by Crippen LogP contribution is -2.40. The predicted molar refractivity (Wildman–Crippen MR) is 109 cm³/mol. The highest BCUT2D eigenvalue weighted by Crippen LogP contribution is 2.21. The first-order chi connectivity index (χ1) is 14.4. The number of imide groups is 1. The molecular formula is C21H23N3O5S. The molecule has 4 rings (SSSR count). The van der Waals surface area contributed by atoms with Crippen molar-refractivity contribution in [3.8, 4) is 0 Å². The largest absolute Gasteiger partial charge is 0.379 e. The van der Waals surface area contributed by atoms with Gasteiger partial charge in [-0.1, -0.05) is 42.5 Å². The van der Waals surface area contributed by atoms with E-state index >= 15 is 0 Å². The van der Waals surface area contributed by atoms with Crippen molar-refractivity contribution in [1.29, 1.82) is 0 Å². The normalized spacial score (nSPS) is 20.4. The van der Waals surface area contributed by atoms with E-state index in [4.69, 9.17) is 4.74 Å². The number of benzene rings is 2. The van der Waals surface area contributed by atoms with Crippen LogP contribution in [0.1, 0.15) is 11.1 Å². The van der Waals surface area contributed by atoms with Crippen LogP contribution in [0.3, 0.4) is 0 Å². The zero-order valence-corrected chi connectivity index (χ0v) is 17.2. The molecule has 2 aliphatic heterocycles. The zero-order valence-electron chi connectivity index (χ0n) is 16.4. The highest BCUT2D eigenvalue weighted by Gasteiger charge is 2.38. The summed E-state index contributed by atoms with van der Waals surface area (Å²) in [4.78, 5) is 26.4. The van der Waals surface area contributed by atoms with Crippen molar-refractivity contribution >= 4 is 22.0 Å². The molecule has 0 spiro atoms. The lowest BCUT2D eigenvalue weighted by molar-refractivity contribution is -0.127. The number of nitrogens with one attached hydrogen (secondary N) is 1. The molecule has 0 aromatic heterocycles. The Kier molecular flexibility index (Phi) is 5.85. The molecule has 2 aliphatic rings. The average Bonchev–Trinajstić information content (AvgIpc) is 3.02. The topological polar surface area (TPSA) is 96.0 Å². The first-order valence-corrected chi connectivity index (χ1v) is 11.2. The van der Waals surface area contributed by atoms with Crippen molar-refractivity contribution < 1.29 is 22.7 Å². The number of urea groups is 1. The van der Waals surface area contributed by atoms with Gasteiger partial charge >= 0.3 is 6.03 Å². The number of amides is 3. The lowest BCUT2D eigenvalue weighted by atomic mass is 10.1. The van der Waals surface area contributed by atoms with E-state index in [9.17, 15) is 18.0 Å². The molecule has 30 heavy (non-hydrogen) atoms. The van der Waals surface area contributed by atoms with E-state index in [0.717, 1.165) is 10.5 Å². The molecule has 1 atom stereocenters. The van der Waals surface area contributed by atoms with E-state index in [1.54, 1.807) is 12.1 Å². The quantitative estimate of drug-likeness (QED) is 0.700. The van der Waals surface area contributed by atoms with Gasteiger partial charge in [-0.2, -0.15) is 4.31 Å². The van der Waals surface area contributed by atoms with Gasteiger partial charge in [-0.25, -0.2) is 13.2 Å². The molecule has 0 aliphatic carbocycles. The minimum absolute atomic E-state index is 0.0163. The van der Waals surface area contributed by atoms with Gasteiger partial charge in [0.25, 0.3) is 5.91 Å². The molecule has 0 radical (unpaired) electrons. The van der Waals surface area contributed by atoms with Crippen LogP contribution >= 0.6 is 0 Å². The van der Waals surface area contributed by atoms with Crippen molar-refractivity contribution in [3.05, 3.63) is 65.7 Å². The van der Waals surface area contributed by atoms with Crippen LogP contribution in [-0.4, -0.2) is 61.9 Å². The van der Waals surface area contributed by atoms with Gasteiger partial charge in [0, 0.05) is 19.5 Å². The first kappa shape index (κ1) is 20.5. The predicted octanol–water partition coefficient (Wildman–Crippen LogP) is 1.37. The Hall–Kier alpha value is -2.75. The second-order valence-electron chi connectivity index (χ2n) is 7.28. The van der Waals surface area contributed by atoms with Crippen LogP contribution in [-0.2, 0) is 32.5 Å². The van der Waals surface area contributed by atoms with Crippen LogP contribution in [0.5, 0.6) is 0 Å². The van der Waals surface area contributed by atoms with Gasteiger partial charge in [0.15, 0.2) is 0 Å². The zero-order chi connectivity index (χ0) is 21.1. The molecule has 2 aromatic carbocycles. The van der Waals surface area contributed by atoms with Crippen LogP contribution in [0.4, 0.5) is 4.79 Å². The maximum Gasteiger partial charge on any atom is 0.325 e. The first-order valence-electron chi connectivity index (χ1n) is 9.78. The monoisotopic (exact) mass is 429 g/mol. The van der Waals surface area contributed by atoms with Crippen LogP contribution in [0.15, 0.2) is 59.5 Å². The Morgan fingerprint density at radius 2 is 1.67 bits per heavy atom. The third-order valence-electron chi connectivity index (χ3n) is 5.24. The summed E-state index contributed by atoms with van der Waals surface area (Å²) < 4.78 is 32.4. The number of morpholine rings is 1. The second-order valence-corrected chi connectivity index (χ2v) is 9.22. The average molecular weight is 429 g/mol. The number of hydrogen-bond donors (Lipinski definition) is 1. The fourth-order valence-electron chi connectivity index (χ4n) is 3.64. The molecule has 2 saturated heterocycles. The van der Waals surface area contributed by atoms with Crippen molar-refractivity contribution in [2.24, 2.45) is 0 Å². The molecule has 0 unspecified atom stereocenters. The van der Waals surface area contributed by atoms with Crippen LogP contribution in [0.25, 0.3) is 0 Å². The van der Waals surface area contributed by atoms with E-state index in [2.05, 4.69) is 5.32 Å².